The van der Waals surface area contributed by atoms with Crippen LogP contribution in [0.2, 0.25) is 0 Å². The van der Waals surface area contributed by atoms with Crippen molar-refractivity contribution in [1.29, 1.82) is 0 Å². The van der Waals surface area contributed by atoms with Crippen molar-refractivity contribution in [2.45, 2.75) is 6.42 Å². The van der Waals surface area contributed by atoms with Gasteiger partial charge >= 0.3 is 0 Å². The van der Waals surface area contributed by atoms with Crippen molar-refractivity contribution >= 4 is 11.5 Å². The van der Waals surface area contributed by atoms with E-state index in [-0.39, 0.29) is 18.3 Å². The number of hydrogen-bond donors (Lipinski definition) is 1. The minimum Gasteiger partial charge on any atom is -0.507 e. The van der Waals surface area contributed by atoms with Crippen LogP contribution in [0.15, 0.2) is 48.0 Å². The van der Waals surface area contributed by atoms with E-state index in [4.69, 9.17) is 9.47 Å². The zero-order valence-corrected chi connectivity index (χ0v) is 11.1. The van der Waals surface area contributed by atoms with Crippen LogP contribution in [-0.2, 0) is 6.42 Å². The van der Waals surface area contributed by atoms with Gasteiger partial charge in [-0.05, 0) is 17.7 Å². The minimum atomic E-state index is -0.110. The van der Waals surface area contributed by atoms with Gasteiger partial charge in [-0.3, -0.25) is 4.79 Å². The molecule has 0 saturated carbocycles. The van der Waals surface area contributed by atoms with Gasteiger partial charge in [0.25, 0.3) is 0 Å². The molecule has 2 aliphatic rings. The standard InChI is InChI=1S/C17H12O4/c18-16-11-3-1-2-4-12(11)17(19)13(16)7-10-5-6-14-15(8-10)21-9-20-14/h1-6,8,18H,7,9H2. The number of fused-ring (bicyclic) bond motifs is 2. The van der Waals surface area contributed by atoms with Gasteiger partial charge in [0.2, 0.25) is 6.79 Å². The second-order valence-corrected chi connectivity index (χ2v) is 5.07. The van der Waals surface area contributed by atoms with E-state index in [0.29, 0.717) is 34.6 Å². The van der Waals surface area contributed by atoms with Crippen LogP contribution in [0.1, 0.15) is 21.5 Å². The molecule has 0 spiro atoms. The summed E-state index contributed by atoms with van der Waals surface area (Å²) in [5.41, 5.74) is 2.50. The number of benzene rings is 2. The van der Waals surface area contributed by atoms with Crippen molar-refractivity contribution in [3.63, 3.8) is 0 Å². The molecule has 0 radical (unpaired) electrons. The van der Waals surface area contributed by atoms with Crippen LogP contribution in [0.5, 0.6) is 11.5 Å². The first-order chi connectivity index (χ1) is 10.2. The largest absolute Gasteiger partial charge is 0.507 e. The number of Topliss-reactive ketones (excluding diaryl/α,β-unsaturated/α-hetero) is 1. The van der Waals surface area contributed by atoms with Gasteiger partial charge in [0.05, 0.1) is 0 Å². The Kier molecular flexibility index (Phi) is 2.51. The maximum atomic E-state index is 12.4. The number of carbonyl (C=O) groups is 1. The first kappa shape index (κ1) is 12.0. The van der Waals surface area contributed by atoms with E-state index in [0.717, 1.165) is 5.56 Å². The Morgan fingerprint density at radius 2 is 1.76 bits per heavy atom. The number of aliphatic hydroxyl groups excluding tert-OH is 1. The molecule has 104 valence electrons. The molecule has 0 atom stereocenters. The molecular weight excluding hydrogens is 268 g/mol. The molecular formula is C17H12O4. The Morgan fingerprint density at radius 3 is 2.57 bits per heavy atom. The van der Waals surface area contributed by atoms with Crippen LogP contribution < -0.4 is 9.47 Å². The normalized spacial score (nSPS) is 15.5. The SMILES string of the molecule is O=C1C(Cc2ccc3c(c2)OCO3)=C(O)c2ccccc21. The zero-order chi connectivity index (χ0) is 14.4. The van der Waals surface area contributed by atoms with Gasteiger partial charge < -0.3 is 14.6 Å². The van der Waals surface area contributed by atoms with E-state index in [1.807, 2.05) is 24.3 Å². The lowest BCUT2D eigenvalue weighted by Gasteiger charge is -2.04. The highest BCUT2D eigenvalue weighted by Crippen LogP contribution is 2.36. The average Bonchev–Trinajstić information content (AvgIpc) is 3.06. The van der Waals surface area contributed by atoms with E-state index in [1.165, 1.54) is 0 Å². The van der Waals surface area contributed by atoms with Crippen molar-refractivity contribution in [1.82, 2.24) is 0 Å². The summed E-state index contributed by atoms with van der Waals surface area (Å²) in [7, 11) is 0. The Hall–Kier alpha value is -2.75. The van der Waals surface area contributed by atoms with Crippen LogP contribution in [-0.4, -0.2) is 17.7 Å². The van der Waals surface area contributed by atoms with Gasteiger partial charge in [-0.1, -0.05) is 30.3 Å². The number of rotatable bonds is 2. The molecule has 0 fully saturated rings. The van der Waals surface area contributed by atoms with Crippen molar-refractivity contribution in [3.05, 3.63) is 64.7 Å². The van der Waals surface area contributed by atoms with Crippen molar-refractivity contribution in [2.24, 2.45) is 0 Å². The predicted octanol–water partition coefficient (Wildman–Crippen LogP) is 3.12. The zero-order valence-electron chi connectivity index (χ0n) is 11.1. The summed E-state index contributed by atoms with van der Waals surface area (Å²) in [5, 5.41) is 10.3. The van der Waals surface area contributed by atoms with Crippen LogP contribution in [0.25, 0.3) is 5.76 Å². The monoisotopic (exact) mass is 280 g/mol. The lowest BCUT2D eigenvalue weighted by Crippen LogP contribution is -2.02. The second kappa shape index (κ2) is 4.38. The topological polar surface area (TPSA) is 55.8 Å². The van der Waals surface area contributed by atoms with E-state index >= 15 is 0 Å². The molecule has 0 aromatic heterocycles. The van der Waals surface area contributed by atoms with Crippen molar-refractivity contribution < 1.29 is 19.4 Å². The molecule has 2 aromatic carbocycles. The Morgan fingerprint density at radius 1 is 1.00 bits per heavy atom. The molecule has 0 saturated heterocycles. The molecule has 1 heterocycles. The predicted molar refractivity (Wildman–Crippen MR) is 76.6 cm³/mol. The third-order valence-electron chi connectivity index (χ3n) is 3.80. The minimum absolute atomic E-state index is 0.0771. The summed E-state index contributed by atoms with van der Waals surface area (Å²) in [6.07, 6.45) is 0.371. The van der Waals surface area contributed by atoms with Crippen LogP contribution in [0.4, 0.5) is 0 Å². The molecule has 0 amide bonds. The third kappa shape index (κ3) is 1.80. The second-order valence-electron chi connectivity index (χ2n) is 5.07. The average molecular weight is 280 g/mol. The molecule has 4 nitrogen and oxygen atoms in total. The van der Waals surface area contributed by atoms with E-state index < -0.39 is 0 Å². The first-order valence-electron chi connectivity index (χ1n) is 6.69. The summed E-state index contributed by atoms with van der Waals surface area (Å²) in [5.74, 6) is 1.35. The Bertz CT molecular complexity index is 789. The fourth-order valence-electron chi connectivity index (χ4n) is 2.74. The van der Waals surface area contributed by atoms with Gasteiger partial charge in [-0.15, -0.1) is 0 Å². The molecule has 1 aliphatic heterocycles. The highest BCUT2D eigenvalue weighted by molar-refractivity contribution is 6.19. The van der Waals surface area contributed by atoms with Gasteiger partial charge in [-0.2, -0.15) is 0 Å². The molecule has 4 heteroatoms. The molecule has 0 bridgehead atoms. The van der Waals surface area contributed by atoms with Gasteiger partial charge in [0.15, 0.2) is 17.3 Å². The summed E-state index contributed by atoms with van der Waals surface area (Å²) in [6.45, 7) is 0.219. The molecule has 0 unspecified atom stereocenters. The molecule has 1 N–H and O–H groups in total. The number of hydrogen-bond acceptors (Lipinski definition) is 4. The quantitative estimate of drug-likeness (QED) is 0.918. The fourth-order valence-corrected chi connectivity index (χ4v) is 2.74. The van der Waals surface area contributed by atoms with E-state index in [9.17, 15) is 9.90 Å². The molecule has 1 aliphatic carbocycles. The lowest BCUT2D eigenvalue weighted by molar-refractivity contribution is 0.103. The number of carbonyl (C=O) groups excluding carboxylic acids is 1. The fraction of sp³-hybridized carbons (Fsp3) is 0.118. The molecule has 21 heavy (non-hydrogen) atoms. The van der Waals surface area contributed by atoms with Crippen LogP contribution in [0, 0.1) is 0 Å². The van der Waals surface area contributed by atoms with Crippen LogP contribution in [0.3, 0.4) is 0 Å². The van der Waals surface area contributed by atoms with Gasteiger partial charge in [0, 0.05) is 23.1 Å². The number of ketones is 1. The molecule has 4 rings (SSSR count). The van der Waals surface area contributed by atoms with Crippen molar-refractivity contribution in [3.8, 4) is 11.5 Å². The van der Waals surface area contributed by atoms with Gasteiger partial charge in [-0.25, -0.2) is 0 Å². The van der Waals surface area contributed by atoms with Crippen molar-refractivity contribution in [2.75, 3.05) is 6.79 Å². The van der Waals surface area contributed by atoms with E-state index in [1.54, 1.807) is 18.2 Å². The highest BCUT2D eigenvalue weighted by Gasteiger charge is 2.29. The summed E-state index contributed by atoms with van der Waals surface area (Å²) >= 11 is 0. The lowest BCUT2D eigenvalue weighted by atomic mass is 10.0. The molecule has 2 aromatic rings. The maximum absolute atomic E-state index is 12.4. The smallest absolute Gasteiger partial charge is 0.231 e. The summed E-state index contributed by atoms with van der Waals surface area (Å²) in [6, 6.07) is 12.7. The summed E-state index contributed by atoms with van der Waals surface area (Å²) < 4.78 is 10.6. The number of allylic oxidation sites excluding steroid dienone is 1. The maximum Gasteiger partial charge on any atom is 0.231 e. The number of aliphatic hydroxyl groups is 1. The Balaban J connectivity index is 1.69. The van der Waals surface area contributed by atoms with E-state index in [2.05, 4.69) is 0 Å². The van der Waals surface area contributed by atoms with Gasteiger partial charge in [0.1, 0.15) is 5.76 Å². The highest BCUT2D eigenvalue weighted by atomic mass is 16.7. The number of ether oxygens (including phenoxy) is 2. The van der Waals surface area contributed by atoms with Crippen LogP contribution >= 0.6 is 0 Å². The Labute approximate surface area is 121 Å². The third-order valence-corrected chi connectivity index (χ3v) is 3.80. The summed E-state index contributed by atoms with van der Waals surface area (Å²) in [4.78, 5) is 12.4. The first-order valence-corrected chi connectivity index (χ1v) is 6.69.